The number of carbonyl (C=O) groups is 1. The van der Waals surface area contributed by atoms with Crippen molar-refractivity contribution < 1.29 is 15.0 Å². The van der Waals surface area contributed by atoms with Crippen molar-refractivity contribution in [1.29, 1.82) is 0 Å². The van der Waals surface area contributed by atoms with Crippen molar-refractivity contribution in [1.82, 2.24) is 5.32 Å². The average Bonchev–Trinajstić information content (AvgIpc) is 2.28. The maximum Gasteiger partial charge on any atom is 0.251 e. The second kappa shape index (κ2) is 5.68. The molecule has 0 aliphatic heterocycles. The molecule has 1 aromatic rings. The average molecular weight is 268 g/mol. The van der Waals surface area contributed by atoms with Gasteiger partial charge in [0.05, 0.1) is 11.0 Å². The van der Waals surface area contributed by atoms with Gasteiger partial charge in [0.1, 0.15) is 0 Å². The molecule has 1 rings (SSSR count). The largest absolute Gasteiger partial charge is 0.504 e. The lowest BCUT2D eigenvalue weighted by Gasteiger charge is -2.21. The zero-order chi connectivity index (χ0) is 13.9. The predicted molar refractivity (Wildman–Crippen MR) is 72.6 cm³/mol. The van der Waals surface area contributed by atoms with Crippen molar-refractivity contribution in [3.8, 4) is 11.5 Å². The van der Waals surface area contributed by atoms with Gasteiger partial charge < -0.3 is 21.3 Å². The van der Waals surface area contributed by atoms with Crippen molar-refractivity contribution in [2.24, 2.45) is 11.7 Å². The molecule has 1 atom stereocenters. The SMILES string of the molecule is CC(C)C(NC(=O)c1ccc(O)c(O)c1)C(N)=S. The highest BCUT2D eigenvalue weighted by Crippen LogP contribution is 2.24. The van der Waals surface area contributed by atoms with Crippen LogP contribution in [0.4, 0.5) is 0 Å². The molecule has 5 nitrogen and oxygen atoms in total. The van der Waals surface area contributed by atoms with Gasteiger partial charge in [-0.2, -0.15) is 0 Å². The number of nitrogens with one attached hydrogen (secondary N) is 1. The molecule has 0 saturated heterocycles. The summed E-state index contributed by atoms with van der Waals surface area (Å²) in [5.41, 5.74) is 5.77. The minimum atomic E-state index is -0.413. The number of hydrogen-bond acceptors (Lipinski definition) is 4. The number of aromatic hydroxyl groups is 2. The van der Waals surface area contributed by atoms with Crippen molar-refractivity contribution in [2.75, 3.05) is 0 Å². The Bertz CT molecular complexity index is 474. The maximum absolute atomic E-state index is 11.9. The van der Waals surface area contributed by atoms with Crippen molar-refractivity contribution >= 4 is 23.1 Å². The number of amides is 1. The van der Waals surface area contributed by atoms with Gasteiger partial charge in [0.2, 0.25) is 0 Å². The van der Waals surface area contributed by atoms with E-state index in [1.54, 1.807) is 0 Å². The van der Waals surface area contributed by atoms with Gasteiger partial charge in [-0.25, -0.2) is 0 Å². The first-order valence-corrected chi connectivity index (χ1v) is 5.86. The first-order chi connectivity index (χ1) is 8.32. The summed E-state index contributed by atoms with van der Waals surface area (Å²) in [4.78, 5) is 12.1. The summed E-state index contributed by atoms with van der Waals surface area (Å²) in [5.74, 6) is -0.964. The number of hydrogen-bond donors (Lipinski definition) is 4. The van der Waals surface area contributed by atoms with Crippen molar-refractivity contribution in [3.05, 3.63) is 23.8 Å². The van der Waals surface area contributed by atoms with Crippen molar-refractivity contribution in [2.45, 2.75) is 19.9 Å². The third-order valence-corrected chi connectivity index (χ3v) is 2.75. The smallest absolute Gasteiger partial charge is 0.251 e. The molecule has 0 aromatic heterocycles. The Kier molecular flexibility index (Phi) is 4.49. The number of carbonyl (C=O) groups excluding carboxylic acids is 1. The fourth-order valence-electron chi connectivity index (χ4n) is 1.46. The van der Waals surface area contributed by atoms with Crippen LogP contribution in [0.15, 0.2) is 18.2 Å². The lowest BCUT2D eigenvalue weighted by Crippen LogP contribution is -2.46. The van der Waals surface area contributed by atoms with E-state index in [2.05, 4.69) is 5.32 Å². The Labute approximate surface area is 111 Å². The molecule has 0 heterocycles. The lowest BCUT2D eigenvalue weighted by atomic mass is 10.0. The van der Waals surface area contributed by atoms with Gasteiger partial charge >= 0.3 is 0 Å². The van der Waals surface area contributed by atoms with Crippen LogP contribution in [0.25, 0.3) is 0 Å². The molecule has 0 bridgehead atoms. The molecule has 1 aromatic carbocycles. The second-order valence-corrected chi connectivity index (χ2v) is 4.77. The van der Waals surface area contributed by atoms with E-state index in [-0.39, 0.29) is 28.0 Å². The molecule has 18 heavy (non-hydrogen) atoms. The highest BCUT2D eigenvalue weighted by atomic mass is 32.1. The molecular formula is C12H16N2O3S. The maximum atomic E-state index is 11.9. The molecule has 98 valence electrons. The molecule has 5 N–H and O–H groups in total. The fourth-order valence-corrected chi connectivity index (χ4v) is 1.79. The first-order valence-electron chi connectivity index (χ1n) is 5.45. The minimum absolute atomic E-state index is 0.0668. The monoisotopic (exact) mass is 268 g/mol. The number of thiocarbonyl (C=S) groups is 1. The van der Waals surface area contributed by atoms with E-state index >= 15 is 0 Å². The molecule has 1 unspecified atom stereocenters. The number of phenolic OH excluding ortho intramolecular Hbond substituents is 2. The normalized spacial score (nSPS) is 12.2. The number of phenols is 2. The van der Waals surface area contributed by atoms with E-state index in [1.807, 2.05) is 13.8 Å². The standard InChI is InChI=1S/C12H16N2O3S/c1-6(2)10(11(13)18)14-12(17)7-3-4-8(15)9(16)5-7/h3-6,10,15-16H,1-2H3,(H2,13,18)(H,14,17). The van der Waals surface area contributed by atoms with Crippen LogP contribution in [0, 0.1) is 5.92 Å². The Balaban J connectivity index is 2.87. The minimum Gasteiger partial charge on any atom is -0.504 e. The molecule has 0 aliphatic carbocycles. The fraction of sp³-hybridized carbons (Fsp3) is 0.333. The predicted octanol–water partition coefficient (Wildman–Crippen LogP) is 1.14. The Hall–Kier alpha value is -1.82. The van der Waals surface area contributed by atoms with Gasteiger partial charge in [-0.1, -0.05) is 26.1 Å². The van der Waals surface area contributed by atoms with Gasteiger partial charge in [-0.05, 0) is 24.1 Å². The number of rotatable bonds is 4. The van der Waals surface area contributed by atoms with Crippen LogP contribution in [0.1, 0.15) is 24.2 Å². The number of nitrogens with two attached hydrogens (primary N) is 1. The zero-order valence-corrected chi connectivity index (χ0v) is 11.0. The van der Waals surface area contributed by atoms with Crippen molar-refractivity contribution in [3.63, 3.8) is 0 Å². The summed E-state index contributed by atoms with van der Waals surface area (Å²) in [6.45, 7) is 3.77. The highest BCUT2D eigenvalue weighted by molar-refractivity contribution is 7.80. The molecule has 0 spiro atoms. The van der Waals surface area contributed by atoms with Gasteiger partial charge in [0.25, 0.3) is 5.91 Å². The van der Waals surface area contributed by atoms with Gasteiger partial charge in [0, 0.05) is 5.56 Å². The van der Waals surface area contributed by atoms with E-state index in [1.165, 1.54) is 18.2 Å². The van der Waals surface area contributed by atoms with Crippen LogP contribution < -0.4 is 11.1 Å². The van der Waals surface area contributed by atoms with Gasteiger partial charge in [-0.15, -0.1) is 0 Å². The summed E-state index contributed by atoms with van der Waals surface area (Å²) in [6.07, 6.45) is 0. The molecular weight excluding hydrogens is 252 g/mol. The van der Waals surface area contributed by atoms with Crippen LogP contribution in [0.3, 0.4) is 0 Å². The summed E-state index contributed by atoms with van der Waals surface area (Å²) in [5, 5.41) is 21.2. The van der Waals surface area contributed by atoms with E-state index < -0.39 is 11.9 Å². The van der Waals surface area contributed by atoms with Crippen LogP contribution >= 0.6 is 12.2 Å². The lowest BCUT2D eigenvalue weighted by molar-refractivity contribution is 0.0939. The van der Waals surface area contributed by atoms with Crippen LogP contribution in [0.5, 0.6) is 11.5 Å². The molecule has 0 radical (unpaired) electrons. The summed E-state index contributed by atoms with van der Waals surface area (Å²) < 4.78 is 0. The third kappa shape index (κ3) is 3.33. The Morgan fingerprint density at radius 1 is 1.33 bits per heavy atom. The van der Waals surface area contributed by atoms with Crippen LogP contribution in [-0.2, 0) is 0 Å². The van der Waals surface area contributed by atoms with E-state index in [9.17, 15) is 9.90 Å². The topological polar surface area (TPSA) is 95.6 Å². The molecule has 0 fully saturated rings. The summed E-state index contributed by atoms with van der Waals surface area (Å²) in [7, 11) is 0. The van der Waals surface area contributed by atoms with Crippen LogP contribution in [-0.4, -0.2) is 27.2 Å². The molecule has 0 saturated carbocycles. The van der Waals surface area contributed by atoms with E-state index in [0.717, 1.165) is 0 Å². The van der Waals surface area contributed by atoms with E-state index in [0.29, 0.717) is 0 Å². The highest BCUT2D eigenvalue weighted by Gasteiger charge is 2.20. The second-order valence-electron chi connectivity index (χ2n) is 4.30. The summed E-state index contributed by atoms with van der Waals surface area (Å²) >= 11 is 4.88. The Morgan fingerprint density at radius 3 is 2.39 bits per heavy atom. The molecule has 6 heteroatoms. The molecule has 0 aliphatic rings. The van der Waals surface area contributed by atoms with Gasteiger partial charge in [0.15, 0.2) is 11.5 Å². The summed E-state index contributed by atoms with van der Waals surface area (Å²) in [6, 6.07) is 3.42. The first kappa shape index (κ1) is 14.2. The quantitative estimate of drug-likeness (QED) is 0.485. The van der Waals surface area contributed by atoms with Crippen LogP contribution in [0.2, 0.25) is 0 Å². The third-order valence-electron chi connectivity index (χ3n) is 2.50. The van der Waals surface area contributed by atoms with E-state index in [4.69, 9.17) is 23.1 Å². The molecule has 1 amide bonds. The zero-order valence-electron chi connectivity index (χ0n) is 10.2. The van der Waals surface area contributed by atoms with Gasteiger partial charge in [-0.3, -0.25) is 4.79 Å². The number of benzene rings is 1. The Morgan fingerprint density at radius 2 is 1.94 bits per heavy atom.